The lowest BCUT2D eigenvalue weighted by Gasteiger charge is -2.11. The van der Waals surface area contributed by atoms with E-state index in [1.807, 2.05) is 13.8 Å². The number of rotatable bonds is 6. The number of methoxy groups -OCH3 is 1. The molecule has 1 rings (SSSR count). The van der Waals surface area contributed by atoms with E-state index in [1.165, 1.54) is 12.8 Å². The fourth-order valence-corrected chi connectivity index (χ4v) is 1.63. The van der Waals surface area contributed by atoms with Crippen molar-refractivity contribution in [3.8, 4) is 0 Å². The minimum absolute atomic E-state index is 0.308. The van der Waals surface area contributed by atoms with Gasteiger partial charge in [0.2, 0.25) is 0 Å². The van der Waals surface area contributed by atoms with Gasteiger partial charge in [-0.3, -0.25) is 0 Å². The van der Waals surface area contributed by atoms with Crippen molar-refractivity contribution in [2.45, 2.75) is 52.4 Å². The van der Waals surface area contributed by atoms with Gasteiger partial charge < -0.3 is 4.74 Å². The lowest BCUT2D eigenvalue weighted by Crippen LogP contribution is -2.08. The highest BCUT2D eigenvalue weighted by molar-refractivity contribution is 4.97. The summed E-state index contributed by atoms with van der Waals surface area (Å²) in [5, 5.41) is 0. The highest BCUT2D eigenvalue weighted by Crippen LogP contribution is 2.49. The molecule has 0 unspecified atom stereocenters. The van der Waals surface area contributed by atoms with Crippen molar-refractivity contribution in [1.82, 2.24) is 0 Å². The number of alkyl halides is 2. The Balaban J connectivity index is 0.00000106. The molecule has 0 amide bonds. The Kier molecular flexibility index (Phi) is 6.81. The molecule has 16 heavy (non-hydrogen) atoms. The molecule has 0 heterocycles. The predicted molar refractivity (Wildman–Crippen MR) is 63.9 cm³/mol. The standard InChI is InChI=1S/C11H18F2O.C2H6/c1-10(12,13)5-3-4-6-11(7-8-11)9-14-2;1-2/h3,5H,4,6-9H2,1-2H3;1-2H3/b5-3+;. The molecule has 1 fully saturated rings. The Morgan fingerprint density at radius 1 is 1.31 bits per heavy atom. The van der Waals surface area contributed by atoms with Gasteiger partial charge >= 0.3 is 0 Å². The third kappa shape index (κ3) is 6.94. The van der Waals surface area contributed by atoms with Gasteiger partial charge in [0.25, 0.3) is 5.92 Å². The highest BCUT2D eigenvalue weighted by Gasteiger charge is 2.41. The van der Waals surface area contributed by atoms with Crippen molar-refractivity contribution in [3.63, 3.8) is 0 Å². The van der Waals surface area contributed by atoms with Crippen molar-refractivity contribution in [2.75, 3.05) is 13.7 Å². The number of hydrogen-bond acceptors (Lipinski definition) is 1. The van der Waals surface area contributed by atoms with E-state index in [0.717, 1.165) is 32.4 Å². The molecule has 1 aliphatic rings. The van der Waals surface area contributed by atoms with E-state index >= 15 is 0 Å². The average molecular weight is 234 g/mol. The molecule has 0 N–H and O–H groups in total. The van der Waals surface area contributed by atoms with Crippen molar-refractivity contribution in [1.29, 1.82) is 0 Å². The van der Waals surface area contributed by atoms with Crippen LogP contribution in [0.4, 0.5) is 8.78 Å². The molecular weight excluding hydrogens is 210 g/mol. The SMILES string of the molecule is CC.COCC1(CC/C=C/C(C)(F)F)CC1. The topological polar surface area (TPSA) is 9.23 Å². The molecule has 96 valence electrons. The van der Waals surface area contributed by atoms with Gasteiger partial charge in [-0.1, -0.05) is 19.9 Å². The van der Waals surface area contributed by atoms with Crippen molar-refractivity contribution < 1.29 is 13.5 Å². The van der Waals surface area contributed by atoms with E-state index in [4.69, 9.17) is 4.74 Å². The largest absolute Gasteiger partial charge is 0.384 e. The summed E-state index contributed by atoms with van der Waals surface area (Å²) in [6.45, 7) is 5.68. The second-order valence-corrected chi connectivity index (χ2v) is 4.33. The number of halogens is 2. The Morgan fingerprint density at radius 2 is 1.88 bits per heavy atom. The third-order valence-corrected chi connectivity index (χ3v) is 2.66. The summed E-state index contributed by atoms with van der Waals surface area (Å²) in [7, 11) is 1.69. The molecule has 0 bridgehead atoms. The van der Waals surface area contributed by atoms with Crippen LogP contribution in [0, 0.1) is 5.41 Å². The lowest BCUT2D eigenvalue weighted by molar-refractivity contribution is 0.0770. The van der Waals surface area contributed by atoms with E-state index in [2.05, 4.69) is 0 Å². The zero-order valence-corrected chi connectivity index (χ0v) is 10.9. The van der Waals surface area contributed by atoms with E-state index in [0.29, 0.717) is 5.41 Å². The highest BCUT2D eigenvalue weighted by atomic mass is 19.3. The van der Waals surface area contributed by atoms with E-state index < -0.39 is 5.92 Å². The van der Waals surface area contributed by atoms with Crippen LogP contribution in [-0.2, 0) is 4.74 Å². The summed E-state index contributed by atoms with van der Waals surface area (Å²) in [4.78, 5) is 0. The molecule has 0 saturated heterocycles. The van der Waals surface area contributed by atoms with Crippen LogP contribution in [0.5, 0.6) is 0 Å². The zero-order valence-electron chi connectivity index (χ0n) is 10.9. The van der Waals surface area contributed by atoms with Gasteiger partial charge in [0.15, 0.2) is 0 Å². The first-order valence-corrected chi connectivity index (χ1v) is 6.02. The van der Waals surface area contributed by atoms with Gasteiger partial charge in [0.05, 0.1) is 6.61 Å². The molecule has 0 radical (unpaired) electrons. The summed E-state index contributed by atoms with van der Waals surface area (Å²) in [6, 6.07) is 0. The number of ether oxygens (including phenoxy) is 1. The third-order valence-electron chi connectivity index (χ3n) is 2.66. The van der Waals surface area contributed by atoms with Gasteiger partial charge in [-0.15, -0.1) is 0 Å². The molecule has 3 heteroatoms. The molecule has 0 atom stereocenters. The minimum Gasteiger partial charge on any atom is -0.384 e. The molecule has 0 spiro atoms. The fourth-order valence-electron chi connectivity index (χ4n) is 1.63. The summed E-state index contributed by atoms with van der Waals surface area (Å²) in [6.07, 6.45) is 6.61. The van der Waals surface area contributed by atoms with Crippen LogP contribution in [0.25, 0.3) is 0 Å². The van der Waals surface area contributed by atoms with Crippen molar-refractivity contribution in [3.05, 3.63) is 12.2 Å². The summed E-state index contributed by atoms with van der Waals surface area (Å²) in [5.74, 6) is -2.67. The Morgan fingerprint density at radius 3 is 2.25 bits per heavy atom. The first kappa shape index (κ1) is 15.6. The predicted octanol–water partition coefficient (Wildman–Crippen LogP) is 4.43. The molecular formula is C13H24F2O. The normalized spacial score (nSPS) is 18.1. The van der Waals surface area contributed by atoms with Crippen molar-refractivity contribution >= 4 is 0 Å². The maximum atomic E-state index is 12.4. The summed E-state index contributed by atoms with van der Waals surface area (Å²) < 4.78 is 29.9. The Labute approximate surface area is 97.9 Å². The van der Waals surface area contributed by atoms with Crippen molar-refractivity contribution in [2.24, 2.45) is 5.41 Å². The monoisotopic (exact) mass is 234 g/mol. The van der Waals surface area contributed by atoms with E-state index in [-0.39, 0.29) is 0 Å². The van der Waals surface area contributed by atoms with Gasteiger partial charge in [0.1, 0.15) is 0 Å². The summed E-state index contributed by atoms with van der Waals surface area (Å²) >= 11 is 0. The van der Waals surface area contributed by atoms with Gasteiger partial charge in [-0.05, 0) is 37.2 Å². The fraction of sp³-hybridized carbons (Fsp3) is 0.846. The van der Waals surface area contributed by atoms with Crippen LogP contribution in [0.3, 0.4) is 0 Å². The van der Waals surface area contributed by atoms with E-state index in [1.54, 1.807) is 13.2 Å². The van der Waals surface area contributed by atoms with E-state index in [9.17, 15) is 8.78 Å². The Bertz CT molecular complexity index is 202. The molecule has 0 aromatic heterocycles. The molecule has 0 aromatic carbocycles. The molecule has 1 saturated carbocycles. The van der Waals surface area contributed by atoms with Gasteiger partial charge in [0, 0.05) is 14.0 Å². The second-order valence-electron chi connectivity index (χ2n) is 4.33. The zero-order chi connectivity index (χ0) is 12.7. The molecule has 0 aliphatic heterocycles. The second kappa shape index (κ2) is 7.00. The maximum Gasteiger partial charge on any atom is 0.263 e. The van der Waals surface area contributed by atoms with Crippen LogP contribution in [0.2, 0.25) is 0 Å². The molecule has 1 aliphatic carbocycles. The molecule has 0 aromatic rings. The van der Waals surface area contributed by atoms with Crippen LogP contribution in [0.15, 0.2) is 12.2 Å². The molecule has 1 nitrogen and oxygen atoms in total. The van der Waals surface area contributed by atoms with Gasteiger partial charge in [-0.25, -0.2) is 8.78 Å². The smallest absolute Gasteiger partial charge is 0.263 e. The first-order chi connectivity index (χ1) is 7.47. The maximum absolute atomic E-state index is 12.4. The number of hydrogen-bond donors (Lipinski definition) is 0. The first-order valence-electron chi connectivity index (χ1n) is 6.02. The quantitative estimate of drug-likeness (QED) is 0.618. The minimum atomic E-state index is -2.67. The summed E-state index contributed by atoms with van der Waals surface area (Å²) in [5.41, 5.74) is 0.308. The van der Waals surface area contributed by atoms with Gasteiger partial charge in [-0.2, -0.15) is 0 Å². The lowest BCUT2D eigenvalue weighted by atomic mass is 10.0. The average Bonchev–Trinajstić information content (AvgIpc) is 2.96. The van der Waals surface area contributed by atoms with Crippen LogP contribution in [0.1, 0.15) is 46.5 Å². The van der Waals surface area contributed by atoms with Crippen LogP contribution >= 0.6 is 0 Å². The Hall–Kier alpha value is -0.440. The number of allylic oxidation sites excluding steroid dienone is 2. The van der Waals surface area contributed by atoms with Crippen LogP contribution in [-0.4, -0.2) is 19.6 Å². The van der Waals surface area contributed by atoms with Crippen LogP contribution < -0.4 is 0 Å².